The highest BCUT2D eigenvalue weighted by Gasteiger charge is 2.21. The van der Waals surface area contributed by atoms with Crippen molar-refractivity contribution in [2.24, 2.45) is 0 Å². The van der Waals surface area contributed by atoms with Crippen molar-refractivity contribution in [3.05, 3.63) is 53.1 Å². The van der Waals surface area contributed by atoms with Crippen LogP contribution in [0.2, 0.25) is 0 Å². The second-order valence-electron chi connectivity index (χ2n) is 4.82. The number of halogens is 2. The minimum Gasteiger partial charge on any atom is -0.493 e. The predicted octanol–water partition coefficient (Wildman–Crippen LogP) is 3.02. The third-order valence-corrected chi connectivity index (χ3v) is 3.35. The molecule has 0 atom stereocenters. The van der Waals surface area contributed by atoms with Crippen molar-refractivity contribution in [1.82, 2.24) is 0 Å². The van der Waals surface area contributed by atoms with Gasteiger partial charge in [0, 0.05) is 12.1 Å². The van der Waals surface area contributed by atoms with Crippen LogP contribution in [0.3, 0.4) is 0 Å². The molecule has 2 aromatic rings. The Hall–Kier alpha value is -3.16. The molecule has 2 rings (SSSR count). The van der Waals surface area contributed by atoms with E-state index in [4.69, 9.17) is 9.47 Å². The van der Waals surface area contributed by atoms with E-state index in [1.807, 2.05) is 0 Å². The second kappa shape index (κ2) is 7.61. The Morgan fingerprint density at radius 1 is 0.920 bits per heavy atom. The van der Waals surface area contributed by atoms with Crippen molar-refractivity contribution in [2.75, 3.05) is 26.6 Å². The van der Waals surface area contributed by atoms with Gasteiger partial charge in [0.15, 0.2) is 11.5 Å². The van der Waals surface area contributed by atoms with Crippen LogP contribution < -0.4 is 14.8 Å². The number of amides is 1. The number of carbonyl (C=O) groups is 2. The smallest absolute Gasteiger partial charge is 0.340 e. The van der Waals surface area contributed by atoms with Crippen LogP contribution in [0.1, 0.15) is 20.7 Å². The molecule has 0 unspecified atom stereocenters. The molecule has 1 amide bonds. The van der Waals surface area contributed by atoms with Crippen molar-refractivity contribution in [1.29, 1.82) is 0 Å². The van der Waals surface area contributed by atoms with Gasteiger partial charge in [0.05, 0.1) is 38.1 Å². The Morgan fingerprint density at radius 2 is 1.56 bits per heavy atom. The van der Waals surface area contributed by atoms with Crippen LogP contribution in [-0.4, -0.2) is 33.2 Å². The second-order valence-corrected chi connectivity index (χ2v) is 4.82. The highest BCUT2D eigenvalue weighted by Crippen LogP contribution is 2.34. The fraction of sp³-hybridized carbons (Fsp3) is 0.176. The normalized spacial score (nSPS) is 10.1. The standard InChI is InChI=1S/C17H15F2NO5/c1-23-14-7-11(17(22)25-3)13(8-15(14)24-2)20-16(21)10-6-9(18)4-5-12(10)19/h4-8H,1-3H3,(H,20,21). The van der Waals surface area contributed by atoms with Gasteiger partial charge in [-0.25, -0.2) is 13.6 Å². The average Bonchev–Trinajstić information content (AvgIpc) is 2.62. The number of anilines is 1. The minimum atomic E-state index is -0.936. The maximum atomic E-state index is 13.7. The van der Waals surface area contributed by atoms with Crippen LogP contribution in [0.15, 0.2) is 30.3 Å². The summed E-state index contributed by atoms with van der Waals surface area (Å²) in [6.45, 7) is 0. The maximum absolute atomic E-state index is 13.7. The molecule has 0 radical (unpaired) electrons. The zero-order valence-corrected chi connectivity index (χ0v) is 13.7. The molecule has 0 spiro atoms. The van der Waals surface area contributed by atoms with E-state index >= 15 is 0 Å². The molecule has 0 aliphatic rings. The van der Waals surface area contributed by atoms with Gasteiger partial charge in [-0.3, -0.25) is 4.79 Å². The number of benzene rings is 2. The van der Waals surface area contributed by atoms with Gasteiger partial charge in [-0.2, -0.15) is 0 Å². The fourth-order valence-corrected chi connectivity index (χ4v) is 2.12. The number of methoxy groups -OCH3 is 3. The zero-order chi connectivity index (χ0) is 18.6. The van der Waals surface area contributed by atoms with E-state index in [2.05, 4.69) is 10.1 Å². The summed E-state index contributed by atoms with van der Waals surface area (Å²) in [4.78, 5) is 24.2. The summed E-state index contributed by atoms with van der Waals surface area (Å²) in [7, 11) is 3.91. The Balaban J connectivity index is 2.48. The highest BCUT2D eigenvalue weighted by molar-refractivity contribution is 6.08. The van der Waals surface area contributed by atoms with Crippen molar-refractivity contribution in [3.63, 3.8) is 0 Å². The first-order chi connectivity index (χ1) is 11.9. The molecule has 0 bridgehead atoms. The van der Waals surface area contributed by atoms with E-state index in [0.717, 1.165) is 25.3 Å². The number of esters is 1. The van der Waals surface area contributed by atoms with Crippen LogP contribution >= 0.6 is 0 Å². The SMILES string of the molecule is COC(=O)c1cc(OC)c(OC)cc1NC(=O)c1cc(F)ccc1F. The van der Waals surface area contributed by atoms with Crippen LogP contribution in [-0.2, 0) is 4.74 Å². The predicted molar refractivity (Wildman–Crippen MR) is 85.2 cm³/mol. The van der Waals surface area contributed by atoms with Gasteiger partial charge in [0.1, 0.15) is 11.6 Å². The molecule has 2 aromatic carbocycles. The summed E-state index contributed by atoms with van der Waals surface area (Å²) in [5.74, 6) is -2.90. The lowest BCUT2D eigenvalue weighted by atomic mass is 10.1. The van der Waals surface area contributed by atoms with Gasteiger partial charge in [0.25, 0.3) is 5.91 Å². The maximum Gasteiger partial charge on any atom is 0.340 e. The molecule has 0 saturated heterocycles. The largest absolute Gasteiger partial charge is 0.493 e. The van der Waals surface area contributed by atoms with Crippen molar-refractivity contribution >= 4 is 17.6 Å². The van der Waals surface area contributed by atoms with Gasteiger partial charge >= 0.3 is 5.97 Å². The van der Waals surface area contributed by atoms with E-state index in [-0.39, 0.29) is 22.7 Å². The Morgan fingerprint density at radius 3 is 2.16 bits per heavy atom. The summed E-state index contributed by atoms with van der Waals surface area (Å²) in [5.41, 5.74) is -0.547. The number of carbonyl (C=O) groups excluding carboxylic acids is 2. The number of hydrogen-bond acceptors (Lipinski definition) is 5. The van der Waals surface area contributed by atoms with E-state index in [1.54, 1.807) is 0 Å². The molecular weight excluding hydrogens is 336 g/mol. The van der Waals surface area contributed by atoms with Crippen LogP contribution in [0, 0.1) is 11.6 Å². The average molecular weight is 351 g/mol. The molecule has 8 heteroatoms. The van der Waals surface area contributed by atoms with E-state index in [9.17, 15) is 18.4 Å². The molecule has 0 fully saturated rings. The molecule has 132 valence electrons. The van der Waals surface area contributed by atoms with Gasteiger partial charge in [0.2, 0.25) is 0 Å². The van der Waals surface area contributed by atoms with E-state index in [0.29, 0.717) is 0 Å². The fourth-order valence-electron chi connectivity index (χ4n) is 2.12. The van der Waals surface area contributed by atoms with Gasteiger partial charge in [-0.1, -0.05) is 0 Å². The number of rotatable bonds is 5. The van der Waals surface area contributed by atoms with Crippen LogP contribution in [0.4, 0.5) is 14.5 Å². The molecule has 25 heavy (non-hydrogen) atoms. The number of nitrogens with one attached hydrogen (secondary N) is 1. The minimum absolute atomic E-state index is 0.00170. The first-order valence-corrected chi connectivity index (χ1v) is 7.02. The number of ether oxygens (including phenoxy) is 3. The topological polar surface area (TPSA) is 73.9 Å². The monoisotopic (exact) mass is 351 g/mol. The van der Waals surface area contributed by atoms with Crippen molar-refractivity contribution in [3.8, 4) is 11.5 Å². The molecular formula is C17H15F2NO5. The lowest BCUT2D eigenvalue weighted by Gasteiger charge is -2.15. The first-order valence-electron chi connectivity index (χ1n) is 7.02. The molecule has 6 nitrogen and oxygen atoms in total. The van der Waals surface area contributed by atoms with Gasteiger partial charge < -0.3 is 19.5 Å². The summed E-state index contributed by atoms with van der Waals surface area (Å²) in [6, 6.07) is 5.11. The highest BCUT2D eigenvalue weighted by atomic mass is 19.1. The molecule has 0 aliphatic carbocycles. The molecule has 0 aromatic heterocycles. The van der Waals surface area contributed by atoms with Crippen molar-refractivity contribution in [2.45, 2.75) is 0 Å². The Labute approximate surface area is 142 Å². The quantitative estimate of drug-likeness (QED) is 0.838. The van der Waals surface area contributed by atoms with Gasteiger partial charge in [-0.05, 0) is 18.2 Å². The summed E-state index contributed by atoms with van der Waals surface area (Å²) >= 11 is 0. The third kappa shape index (κ3) is 3.85. The summed E-state index contributed by atoms with van der Waals surface area (Å²) in [5, 5.41) is 2.35. The molecule has 0 heterocycles. The molecule has 0 saturated carbocycles. The molecule has 1 N–H and O–H groups in total. The lowest BCUT2D eigenvalue weighted by molar-refractivity contribution is 0.0601. The third-order valence-electron chi connectivity index (χ3n) is 3.35. The van der Waals surface area contributed by atoms with E-state index < -0.39 is 29.1 Å². The van der Waals surface area contributed by atoms with Crippen LogP contribution in [0.5, 0.6) is 11.5 Å². The number of hydrogen-bond donors (Lipinski definition) is 1. The lowest BCUT2D eigenvalue weighted by Crippen LogP contribution is -2.17. The van der Waals surface area contributed by atoms with Crippen LogP contribution in [0.25, 0.3) is 0 Å². The van der Waals surface area contributed by atoms with Gasteiger partial charge in [-0.15, -0.1) is 0 Å². The Bertz CT molecular complexity index is 823. The summed E-state index contributed by atoms with van der Waals surface area (Å²) in [6.07, 6.45) is 0. The van der Waals surface area contributed by atoms with E-state index in [1.165, 1.54) is 26.4 Å². The van der Waals surface area contributed by atoms with Crippen molar-refractivity contribution < 1.29 is 32.6 Å². The Kier molecular flexibility index (Phi) is 5.53. The summed E-state index contributed by atoms with van der Waals surface area (Å²) < 4.78 is 41.9. The zero-order valence-electron chi connectivity index (χ0n) is 13.7. The first kappa shape index (κ1) is 18.2. The molecule has 0 aliphatic heterocycles.